The molecule has 1 aliphatic carbocycles. The minimum absolute atomic E-state index is 0. The molecule has 0 heterocycles. The monoisotopic (exact) mass is 403 g/mol. The van der Waals surface area contributed by atoms with Crippen LogP contribution >= 0.6 is 12.4 Å². The highest BCUT2D eigenvalue weighted by atomic mass is 35.5. The molecule has 1 saturated carbocycles. The Bertz CT molecular complexity index is 745. The van der Waals surface area contributed by atoms with Crippen molar-refractivity contribution in [3.63, 3.8) is 0 Å². The fourth-order valence-electron chi connectivity index (χ4n) is 3.39. The summed E-state index contributed by atoms with van der Waals surface area (Å²) in [5.41, 5.74) is 6.25. The predicted octanol–water partition coefficient (Wildman–Crippen LogP) is 2.81. The topological polar surface area (TPSA) is 101 Å². The highest BCUT2D eigenvalue weighted by Crippen LogP contribution is 2.32. The normalized spacial score (nSPS) is 20.5. The molecule has 1 aromatic carbocycles. The number of anilines is 1. The average Bonchev–Trinajstić information content (AvgIpc) is 2.95. The van der Waals surface area contributed by atoms with Crippen LogP contribution in [0.2, 0.25) is 0 Å². The van der Waals surface area contributed by atoms with E-state index in [-0.39, 0.29) is 35.0 Å². The van der Waals surface area contributed by atoms with Crippen molar-refractivity contribution < 1.29 is 13.2 Å². The van der Waals surface area contributed by atoms with Crippen LogP contribution < -0.4 is 15.8 Å². The SMILES string of the molecule is Cc1c(NC(=O)[C@@H]2CCC[C@@H]2CN)cccc1S(=O)(=O)NC(C)(C)C.Cl. The van der Waals surface area contributed by atoms with Crippen LogP contribution in [0, 0.1) is 18.8 Å². The number of rotatable bonds is 5. The number of nitrogens with one attached hydrogen (secondary N) is 2. The zero-order valence-electron chi connectivity index (χ0n) is 15.8. The van der Waals surface area contributed by atoms with E-state index in [2.05, 4.69) is 10.0 Å². The minimum Gasteiger partial charge on any atom is -0.330 e. The van der Waals surface area contributed by atoms with Crippen molar-refractivity contribution in [3.8, 4) is 0 Å². The third-order valence-corrected chi connectivity index (χ3v) is 6.47. The van der Waals surface area contributed by atoms with Crippen molar-refractivity contribution in [2.75, 3.05) is 11.9 Å². The number of benzene rings is 1. The van der Waals surface area contributed by atoms with Gasteiger partial charge in [0.15, 0.2) is 0 Å². The lowest BCUT2D eigenvalue weighted by molar-refractivity contribution is -0.120. The second-order valence-electron chi connectivity index (χ2n) is 7.81. The minimum atomic E-state index is -3.66. The molecule has 2 rings (SSSR count). The third kappa shape index (κ3) is 5.42. The van der Waals surface area contributed by atoms with E-state index in [0.29, 0.717) is 17.8 Å². The van der Waals surface area contributed by atoms with E-state index in [0.717, 1.165) is 19.3 Å². The molecule has 0 bridgehead atoms. The molecule has 2 atom stereocenters. The van der Waals surface area contributed by atoms with Crippen LogP contribution in [-0.4, -0.2) is 26.4 Å². The molecule has 1 aromatic rings. The van der Waals surface area contributed by atoms with Crippen LogP contribution in [-0.2, 0) is 14.8 Å². The third-order valence-electron chi connectivity index (χ3n) is 4.57. The lowest BCUT2D eigenvalue weighted by atomic mass is 9.95. The Morgan fingerprint density at radius 1 is 1.27 bits per heavy atom. The molecule has 0 aromatic heterocycles. The van der Waals surface area contributed by atoms with Crippen LogP contribution in [0.4, 0.5) is 5.69 Å². The second kappa shape index (κ2) is 8.69. The van der Waals surface area contributed by atoms with Crippen LogP contribution in [0.1, 0.15) is 45.6 Å². The first-order chi connectivity index (χ1) is 11.5. The van der Waals surface area contributed by atoms with Gasteiger partial charge >= 0.3 is 0 Å². The highest BCUT2D eigenvalue weighted by Gasteiger charge is 2.32. The van der Waals surface area contributed by atoms with Gasteiger partial charge in [-0.05, 0) is 70.7 Å². The Balaban J connectivity index is 0.00000338. The van der Waals surface area contributed by atoms with Gasteiger partial charge in [-0.15, -0.1) is 12.4 Å². The summed E-state index contributed by atoms with van der Waals surface area (Å²) >= 11 is 0. The number of nitrogens with two attached hydrogens (primary N) is 1. The Morgan fingerprint density at radius 2 is 1.92 bits per heavy atom. The van der Waals surface area contributed by atoms with E-state index in [1.54, 1.807) is 45.9 Å². The summed E-state index contributed by atoms with van der Waals surface area (Å²) in [4.78, 5) is 12.8. The van der Waals surface area contributed by atoms with Crippen LogP contribution in [0.3, 0.4) is 0 Å². The number of amides is 1. The maximum Gasteiger partial charge on any atom is 0.241 e. The van der Waals surface area contributed by atoms with Gasteiger partial charge in [-0.2, -0.15) is 0 Å². The zero-order chi connectivity index (χ0) is 18.8. The van der Waals surface area contributed by atoms with Crippen LogP contribution in [0.5, 0.6) is 0 Å². The number of carbonyl (C=O) groups is 1. The molecule has 0 saturated heterocycles. The fraction of sp³-hybridized carbons (Fsp3) is 0.611. The Hall–Kier alpha value is -1.15. The molecule has 1 fully saturated rings. The first-order valence-corrected chi connectivity index (χ1v) is 10.2. The molecule has 4 N–H and O–H groups in total. The molecule has 148 valence electrons. The van der Waals surface area contributed by atoms with Crippen molar-refractivity contribution in [2.24, 2.45) is 17.6 Å². The lowest BCUT2D eigenvalue weighted by Crippen LogP contribution is -2.40. The molecular weight excluding hydrogens is 374 g/mol. The van der Waals surface area contributed by atoms with Gasteiger partial charge in [0.05, 0.1) is 4.90 Å². The Morgan fingerprint density at radius 3 is 2.50 bits per heavy atom. The second-order valence-corrected chi connectivity index (χ2v) is 9.46. The number of sulfonamides is 1. The van der Waals surface area contributed by atoms with Crippen molar-refractivity contribution in [1.29, 1.82) is 0 Å². The molecule has 6 nitrogen and oxygen atoms in total. The van der Waals surface area contributed by atoms with E-state index in [1.165, 1.54) is 0 Å². The molecule has 0 aliphatic heterocycles. The van der Waals surface area contributed by atoms with Gasteiger partial charge in [-0.1, -0.05) is 12.5 Å². The largest absolute Gasteiger partial charge is 0.330 e. The first-order valence-electron chi connectivity index (χ1n) is 8.69. The lowest BCUT2D eigenvalue weighted by Gasteiger charge is -2.22. The summed E-state index contributed by atoms with van der Waals surface area (Å²) in [5, 5.41) is 2.91. The maximum atomic E-state index is 12.6. The quantitative estimate of drug-likeness (QED) is 0.703. The number of halogens is 1. The fourth-order valence-corrected chi connectivity index (χ4v) is 5.08. The van der Waals surface area contributed by atoms with Gasteiger partial charge in [0.1, 0.15) is 0 Å². The van der Waals surface area contributed by atoms with E-state index in [9.17, 15) is 13.2 Å². The summed E-state index contributed by atoms with van der Waals surface area (Å²) in [6, 6.07) is 4.93. The van der Waals surface area contributed by atoms with Crippen LogP contribution in [0.15, 0.2) is 23.1 Å². The van der Waals surface area contributed by atoms with E-state index in [4.69, 9.17) is 5.73 Å². The van der Waals surface area contributed by atoms with Crippen molar-refractivity contribution >= 4 is 34.0 Å². The van der Waals surface area contributed by atoms with Gasteiger partial charge in [-0.25, -0.2) is 13.1 Å². The van der Waals surface area contributed by atoms with Gasteiger partial charge < -0.3 is 11.1 Å². The summed E-state index contributed by atoms with van der Waals surface area (Å²) in [6.07, 6.45) is 2.80. The maximum absolute atomic E-state index is 12.6. The highest BCUT2D eigenvalue weighted by molar-refractivity contribution is 7.89. The summed E-state index contributed by atoms with van der Waals surface area (Å²) in [7, 11) is -3.66. The van der Waals surface area contributed by atoms with Gasteiger partial charge in [0.2, 0.25) is 15.9 Å². The van der Waals surface area contributed by atoms with Crippen LogP contribution in [0.25, 0.3) is 0 Å². The van der Waals surface area contributed by atoms with E-state index >= 15 is 0 Å². The van der Waals surface area contributed by atoms with Crippen molar-refractivity contribution in [1.82, 2.24) is 4.72 Å². The number of hydrogen-bond acceptors (Lipinski definition) is 4. The molecule has 26 heavy (non-hydrogen) atoms. The molecule has 0 radical (unpaired) electrons. The molecule has 0 unspecified atom stereocenters. The zero-order valence-corrected chi connectivity index (χ0v) is 17.5. The summed E-state index contributed by atoms with van der Waals surface area (Å²) < 4.78 is 27.9. The van der Waals surface area contributed by atoms with Crippen molar-refractivity contribution in [3.05, 3.63) is 23.8 Å². The number of hydrogen-bond donors (Lipinski definition) is 3. The number of carbonyl (C=O) groups excluding carboxylic acids is 1. The standard InChI is InChI=1S/C18H29N3O3S.ClH/c1-12-15(20-17(22)14-8-5-7-13(14)11-19)9-6-10-16(12)25(23,24)21-18(2,3)4;/h6,9-10,13-14,21H,5,7-8,11,19H2,1-4H3,(H,20,22);1H/t13-,14-;/m1./s1. The molecule has 1 aliphatic rings. The molecule has 8 heteroatoms. The summed E-state index contributed by atoms with van der Waals surface area (Å²) in [6.45, 7) is 7.58. The van der Waals surface area contributed by atoms with E-state index in [1.807, 2.05) is 0 Å². The van der Waals surface area contributed by atoms with Crippen molar-refractivity contribution in [2.45, 2.75) is 57.4 Å². The predicted molar refractivity (Wildman–Crippen MR) is 107 cm³/mol. The van der Waals surface area contributed by atoms with Gasteiger partial charge in [-0.3, -0.25) is 4.79 Å². The van der Waals surface area contributed by atoms with Gasteiger partial charge in [0, 0.05) is 17.1 Å². The molecule has 1 amide bonds. The smallest absolute Gasteiger partial charge is 0.241 e. The summed E-state index contributed by atoms with van der Waals surface area (Å²) in [5.74, 6) is 0.0292. The average molecular weight is 404 g/mol. The molecular formula is C18H30ClN3O3S. The van der Waals surface area contributed by atoms with Gasteiger partial charge in [0.25, 0.3) is 0 Å². The first kappa shape index (κ1) is 22.9. The van der Waals surface area contributed by atoms with E-state index < -0.39 is 15.6 Å². The Kier molecular flexibility index (Phi) is 7.65. The Labute approximate surface area is 162 Å². The molecule has 0 spiro atoms.